The molecule has 1 aromatic carbocycles. The molecule has 2 N–H and O–H groups in total. The monoisotopic (exact) mass is 325 g/mol. The van der Waals surface area contributed by atoms with Crippen LogP contribution in [0.4, 0.5) is 13.2 Å². The maximum absolute atomic E-state index is 11.9. The second-order valence-corrected chi connectivity index (χ2v) is 6.18. The van der Waals surface area contributed by atoms with Crippen molar-refractivity contribution in [1.29, 1.82) is 0 Å². The summed E-state index contributed by atoms with van der Waals surface area (Å²) in [5.41, 5.74) is 0.373. The van der Waals surface area contributed by atoms with Gasteiger partial charge >= 0.3 is 12.1 Å². The van der Waals surface area contributed by atoms with E-state index >= 15 is 0 Å². The zero-order valence-corrected chi connectivity index (χ0v) is 11.7. The van der Waals surface area contributed by atoms with Crippen molar-refractivity contribution in [1.82, 2.24) is 4.72 Å². The van der Waals surface area contributed by atoms with E-state index in [0.29, 0.717) is 5.56 Å². The van der Waals surface area contributed by atoms with Crippen LogP contribution in [0.15, 0.2) is 24.3 Å². The van der Waals surface area contributed by atoms with Crippen molar-refractivity contribution in [2.45, 2.75) is 24.8 Å². The normalized spacial score (nSPS) is 12.3. The minimum absolute atomic E-state index is 0.0225. The van der Waals surface area contributed by atoms with Crippen molar-refractivity contribution in [2.75, 3.05) is 6.54 Å². The first-order valence-corrected chi connectivity index (χ1v) is 7.61. The number of hydrogen-bond donors (Lipinski definition) is 2. The zero-order valence-electron chi connectivity index (χ0n) is 10.9. The van der Waals surface area contributed by atoms with Crippen molar-refractivity contribution in [2.24, 2.45) is 0 Å². The van der Waals surface area contributed by atoms with E-state index in [1.165, 1.54) is 24.3 Å². The minimum atomic E-state index is -4.31. The molecular formula is C12H14F3NO4S. The molecule has 0 amide bonds. The fourth-order valence-electron chi connectivity index (χ4n) is 1.53. The summed E-state index contributed by atoms with van der Waals surface area (Å²) >= 11 is 0. The van der Waals surface area contributed by atoms with Crippen LogP contribution in [0.3, 0.4) is 0 Å². The van der Waals surface area contributed by atoms with Crippen molar-refractivity contribution in [3.8, 4) is 0 Å². The van der Waals surface area contributed by atoms with Crippen LogP contribution in [0.1, 0.15) is 28.8 Å². The molecule has 0 aliphatic heterocycles. The highest BCUT2D eigenvalue weighted by Gasteiger charge is 2.26. The Morgan fingerprint density at radius 2 is 1.76 bits per heavy atom. The quantitative estimate of drug-likeness (QED) is 0.753. The van der Waals surface area contributed by atoms with Crippen LogP contribution < -0.4 is 4.72 Å². The second-order valence-electron chi connectivity index (χ2n) is 4.37. The number of rotatable bonds is 7. The molecule has 21 heavy (non-hydrogen) atoms. The highest BCUT2D eigenvalue weighted by Crippen LogP contribution is 2.20. The van der Waals surface area contributed by atoms with Gasteiger partial charge in [-0.25, -0.2) is 17.9 Å². The van der Waals surface area contributed by atoms with Crippen molar-refractivity contribution in [3.63, 3.8) is 0 Å². The number of alkyl halides is 3. The zero-order chi connectivity index (χ0) is 16.1. The van der Waals surface area contributed by atoms with E-state index in [2.05, 4.69) is 4.72 Å². The van der Waals surface area contributed by atoms with E-state index in [0.717, 1.165) is 0 Å². The van der Waals surface area contributed by atoms with Crippen LogP contribution in [0.5, 0.6) is 0 Å². The Balaban J connectivity index is 2.50. The maximum Gasteiger partial charge on any atom is 0.389 e. The lowest BCUT2D eigenvalue weighted by Crippen LogP contribution is -2.27. The number of nitrogens with one attached hydrogen (secondary N) is 1. The van der Waals surface area contributed by atoms with Crippen LogP contribution >= 0.6 is 0 Å². The van der Waals surface area contributed by atoms with E-state index < -0.39 is 34.3 Å². The summed E-state index contributed by atoms with van der Waals surface area (Å²) < 4.78 is 61.0. The Labute approximate surface area is 119 Å². The van der Waals surface area contributed by atoms with Gasteiger partial charge in [-0.15, -0.1) is 0 Å². The predicted molar refractivity (Wildman–Crippen MR) is 69.3 cm³/mol. The van der Waals surface area contributed by atoms with Crippen LogP contribution in [-0.4, -0.2) is 32.2 Å². The topological polar surface area (TPSA) is 83.5 Å². The van der Waals surface area contributed by atoms with Crippen LogP contribution in [-0.2, 0) is 15.8 Å². The fraction of sp³-hybridized carbons (Fsp3) is 0.417. The van der Waals surface area contributed by atoms with Gasteiger partial charge in [0.2, 0.25) is 10.0 Å². The molecule has 0 atom stereocenters. The summed E-state index contributed by atoms with van der Waals surface area (Å²) in [4.78, 5) is 10.6. The second kappa shape index (κ2) is 6.90. The highest BCUT2D eigenvalue weighted by molar-refractivity contribution is 7.88. The standard InChI is InChI=1S/C12H14F3NO4S/c13-12(14,15)6-1-7-16-21(19,20)8-9-2-4-10(5-3-9)11(17)18/h2-5,16H,1,6-8H2,(H,17,18). The predicted octanol–water partition coefficient (Wildman–Crippen LogP) is 2.15. The van der Waals surface area contributed by atoms with Gasteiger partial charge in [0, 0.05) is 13.0 Å². The average molecular weight is 325 g/mol. The molecule has 0 aliphatic carbocycles. The van der Waals surface area contributed by atoms with E-state index in [1.807, 2.05) is 0 Å². The Morgan fingerprint density at radius 1 is 1.19 bits per heavy atom. The van der Waals surface area contributed by atoms with Crippen molar-refractivity contribution in [3.05, 3.63) is 35.4 Å². The number of sulfonamides is 1. The van der Waals surface area contributed by atoms with Gasteiger partial charge in [0.15, 0.2) is 0 Å². The van der Waals surface area contributed by atoms with E-state index in [4.69, 9.17) is 5.11 Å². The van der Waals surface area contributed by atoms with Gasteiger partial charge in [-0.3, -0.25) is 0 Å². The summed E-state index contributed by atoms with van der Waals surface area (Å²) in [7, 11) is -3.75. The smallest absolute Gasteiger partial charge is 0.389 e. The number of benzene rings is 1. The molecule has 0 heterocycles. The van der Waals surface area contributed by atoms with Crippen molar-refractivity contribution >= 4 is 16.0 Å². The number of carboxylic acids is 1. The molecule has 0 saturated carbocycles. The lowest BCUT2D eigenvalue weighted by Gasteiger charge is -2.08. The fourth-order valence-corrected chi connectivity index (χ4v) is 2.72. The molecule has 0 saturated heterocycles. The molecule has 118 valence electrons. The van der Waals surface area contributed by atoms with Gasteiger partial charge < -0.3 is 5.11 Å². The molecular weight excluding hydrogens is 311 g/mol. The molecule has 1 aromatic rings. The first kappa shape index (κ1) is 17.4. The third-order valence-corrected chi connectivity index (χ3v) is 3.87. The number of halogens is 3. The molecule has 9 heteroatoms. The molecule has 0 bridgehead atoms. The Hall–Kier alpha value is -1.61. The molecule has 0 aromatic heterocycles. The van der Waals surface area contributed by atoms with Crippen LogP contribution in [0.2, 0.25) is 0 Å². The first-order chi connectivity index (χ1) is 9.59. The third kappa shape index (κ3) is 7.09. The van der Waals surface area contributed by atoms with Crippen molar-refractivity contribution < 1.29 is 31.5 Å². The largest absolute Gasteiger partial charge is 0.478 e. The van der Waals surface area contributed by atoms with Gasteiger partial charge in [-0.2, -0.15) is 13.2 Å². The molecule has 0 radical (unpaired) electrons. The van der Waals surface area contributed by atoms with Gasteiger partial charge in [0.1, 0.15) is 0 Å². The van der Waals surface area contributed by atoms with E-state index in [-0.39, 0.29) is 18.5 Å². The third-order valence-electron chi connectivity index (χ3n) is 2.52. The van der Waals surface area contributed by atoms with E-state index in [9.17, 15) is 26.4 Å². The Kier molecular flexibility index (Phi) is 5.73. The number of aromatic carboxylic acids is 1. The van der Waals surface area contributed by atoms with Crippen LogP contribution in [0.25, 0.3) is 0 Å². The van der Waals surface area contributed by atoms with Gasteiger partial charge in [-0.05, 0) is 24.1 Å². The molecule has 0 fully saturated rings. The van der Waals surface area contributed by atoms with E-state index in [1.54, 1.807) is 0 Å². The SMILES string of the molecule is O=C(O)c1ccc(CS(=O)(=O)NCCCC(F)(F)F)cc1. The Bertz CT molecular complexity index is 582. The lowest BCUT2D eigenvalue weighted by molar-refractivity contribution is -0.135. The minimum Gasteiger partial charge on any atom is -0.478 e. The maximum atomic E-state index is 11.9. The molecule has 5 nitrogen and oxygen atoms in total. The lowest BCUT2D eigenvalue weighted by atomic mass is 10.1. The van der Waals surface area contributed by atoms with Gasteiger partial charge in [0.25, 0.3) is 0 Å². The molecule has 0 unspecified atom stereocenters. The average Bonchev–Trinajstić information content (AvgIpc) is 2.34. The summed E-state index contributed by atoms with van der Waals surface area (Å²) in [6.07, 6.45) is -5.69. The molecule has 1 rings (SSSR count). The summed E-state index contributed by atoms with van der Waals surface area (Å²) in [5, 5.41) is 8.69. The Morgan fingerprint density at radius 3 is 2.24 bits per heavy atom. The number of hydrogen-bond acceptors (Lipinski definition) is 3. The summed E-state index contributed by atoms with van der Waals surface area (Å²) in [6.45, 7) is -0.297. The first-order valence-electron chi connectivity index (χ1n) is 5.95. The van der Waals surface area contributed by atoms with Gasteiger partial charge in [0.05, 0.1) is 11.3 Å². The molecule has 0 spiro atoms. The summed E-state index contributed by atoms with van der Waals surface area (Å²) in [5.74, 6) is -1.55. The van der Waals surface area contributed by atoms with Crippen LogP contribution in [0, 0.1) is 0 Å². The highest BCUT2D eigenvalue weighted by atomic mass is 32.2. The summed E-state index contributed by atoms with van der Waals surface area (Å²) in [6, 6.07) is 5.21. The van der Waals surface area contributed by atoms with Gasteiger partial charge in [-0.1, -0.05) is 12.1 Å². The number of carboxylic acid groups (broad SMARTS) is 1. The molecule has 0 aliphatic rings. The number of carbonyl (C=O) groups is 1.